The number of benzene rings is 2. The second kappa shape index (κ2) is 8.03. The number of nitrogens with zero attached hydrogens (tertiary/aromatic N) is 1. The number of hydrogen-bond acceptors (Lipinski definition) is 2. The van der Waals surface area contributed by atoms with E-state index < -0.39 is 0 Å². The molecule has 132 valence electrons. The Balaban J connectivity index is 1.62. The fraction of sp³-hybridized carbons (Fsp3) is 0.381. The summed E-state index contributed by atoms with van der Waals surface area (Å²) in [6.07, 6.45) is 1.98. The van der Waals surface area contributed by atoms with Gasteiger partial charge in [0, 0.05) is 23.8 Å². The first-order chi connectivity index (χ1) is 12.0. The molecule has 2 aromatic rings. The number of likely N-dealkylation sites (tertiary alicyclic amines) is 1. The lowest BCUT2D eigenvalue weighted by Gasteiger charge is -2.32. The van der Waals surface area contributed by atoms with Crippen LogP contribution >= 0.6 is 11.6 Å². The molecule has 1 atom stereocenters. The first-order valence-corrected chi connectivity index (χ1v) is 9.24. The van der Waals surface area contributed by atoms with Crippen molar-refractivity contribution in [1.29, 1.82) is 0 Å². The molecule has 1 heterocycles. The average Bonchev–Trinajstić information content (AvgIpc) is 2.56. The Morgan fingerprint density at radius 1 is 1.20 bits per heavy atom. The SMILES string of the molecule is Cc1cc(C)cc(NC(=O)[C@@H]2CCCN(Cc3ccccc3Cl)C2)c1. The summed E-state index contributed by atoms with van der Waals surface area (Å²) >= 11 is 6.27. The van der Waals surface area contributed by atoms with E-state index in [1.54, 1.807) is 0 Å². The molecule has 0 aliphatic carbocycles. The lowest BCUT2D eigenvalue weighted by Crippen LogP contribution is -2.40. The van der Waals surface area contributed by atoms with E-state index in [4.69, 9.17) is 11.6 Å². The van der Waals surface area contributed by atoms with Gasteiger partial charge >= 0.3 is 0 Å². The van der Waals surface area contributed by atoms with Crippen molar-refractivity contribution in [3.8, 4) is 0 Å². The van der Waals surface area contributed by atoms with Crippen molar-refractivity contribution < 1.29 is 4.79 Å². The van der Waals surface area contributed by atoms with Gasteiger partial charge in [-0.05, 0) is 68.1 Å². The van der Waals surface area contributed by atoms with Gasteiger partial charge in [0.05, 0.1) is 5.92 Å². The second-order valence-electron chi connectivity index (χ2n) is 7.03. The van der Waals surface area contributed by atoms with Gasteiger partial charge in [0.25, 0.3) is 0 Å². The van der Waals surface area contributed by atoms with Gasteiger partial charge in [0.2, 0.25) is 5.91 Å². The fourth-order valence-electron chi connectivity index (χ4n) is 3.57. The van der Waals surface area contributed by atoms with Crippen LogP contribution in [0.4, 0.5) is 5.69 Å². The van der Waals surface area contributed by atoms with Crippen LogP contribution in [-0.2, 0) is 11.3 Å². The Morgan fingerprint density at radius 2 is 1.92 bits per heavy atom. The summed E-state index contributed by atoms with van der Waals surface area (Å²) in [5.74, 6) is 0.144. The summed E-state index contributed by atoms with van der Waals surface area (Å²) in [7, 11) is 0. The number of amides is 1. The molecule has 4 heteroatoms. The van der Waals surface area contributed by atoms with Crippen molar-refractivity contribution in [2.45, 2.75) is 33.2 Å². The molecular formula is C21H25ClN2O. The maximum atomic E-state index is 12.7. The summed E-state index contributed by atoms with van der Waals surface area (Å²) in [5, 5.41) is 3.89. The predicted octanol–water partition coefficient (Wildman–Crippen LogP) is 4.81. The highest BCUT2D eigenvalue weighted by Crippen LogP contribution is 2.23. The summed E-state index contributed by atoms with van der Waals surface area (Å²) in [6, 6.07) is 14.1. The molecule has 0 aromatic heterocycles. The highest BCUT2D eigenvalue weighted by molar-refractivity contribution is 6.31. The number of nitrogens with one attached hydrogen (secondary N) is 1. The van der Waals surface area contributed by atoms with Crippen molar-refractivity contribution in [1.82, 2.24) is 4.90 Å². The zero-order chi connectivity index (χ0) is 17.8. The van der Waals surface area contributed by atoms with Crippen LogP contribution in [0, 0.1) is 19.8 Å². The molecule has 3 nitrogen and oxygen atoms in total. The standard InChI is InChI=1S/C21H25ClN2O/c1-15-10-16(2)12-19(11-15)23-21(25)18-7-5-9-24(14-18)13-17-6-3-4-8-20(17)22/h3-4,6,8,10-12,18H,5,7,9,13-14H2,1-2H3,(H,23,25)/t18-/m1/s1. The van der Waals surface area contributed by atoms with Gasteiger partial charge in [0.15, 0.2) is 0 Å². The molecule has 0 bridgehead atoms. The van der Waals surface area contributed by atoms with E-state index in [1.807, 2.05) is 30.3 Å². The number of carbonyl (C=O) groups excluding carboxylic acids is 1. The lowest BCUT2D eigenvalue weighted by molar-refractivity contribution is -0.121. The fourth-order valence-corrected chi connectivity index (χ4v) is 3.77. The Labute approximate surface area is 155 Å². The van der Waals surface area contributed by atoms with Crippen LogP contribution in [-0.4, -0.2) is 23.9 Å². The Kier molecular flexibility index (Phi) is 5.77. The number of carbonyl (C=O) groups is 1. The summed E-state index contributed by atoms with van der Waals surface area (Å²) in [5.41, 5.74) is 4.35. The number of rotatable bonds is 4. The highest BCUT2D eigenvalue weighted by atomic mass is 35.5. The van der Waals surface area contributed by atoms with Crippen LogP contribution < -0.4 is 5.32 Å². The van der Waals surface area contributed by atoms with Crippen LogP contribution in [0.2, 0.25) is 5.02 Å². The van der Waals surface area contributed by atoms with Crippen molar-refractivity contribution in [2.75, 3.05) is 18.4 Å². The summed E-state index contributed by atoms with van der Waals surface area (Å²) < 4.78 is 0. The highest BCUT2D eigenvalue weighted by Gasteiger charge is 2.26. The summed E-state index contributed by atoms with van der Waals surface area (Å²) in [6.45, 7) is 6.69. The number of halogens is 1. The monoisotopic (exact) mass is 356 g/mol. The van der Waals surface area contributed by atoms with Gasteiger partial charge in [-0.25, -0.2) is 0 Å². The van der Waals surface area contributed by atoms with Gasteiger partial charge in [0.1, 0.15) is 0 Å². The molecular weight excluding hydrogens is 332 g/mol. The van der Waals surface area contributed by atoms with Crippen LogP contribution in [0.5, 0.6) is 0 Å². The number of anilines is 1. The Hall–Kier alpha value is -1.84. The Bertz CT molecular complexity index is 739. The third-order valence-electron chi connectivity index (χ3n) is 4.72. The van der Waals surface area contributed by atoms with E-state index in [-0.39, 0.29) is 11.8 Å². The van der Waals surface area contributed by atoms with Gasteiger partial charge in [-0.1, -0.05) is 35.9 Å². The Morgan fingerprint density at radius 3 is 2.64 bits per heavy atom. The van der Waals surface area contributed by atoms with Crippen molar-refractivity contribution >= 4 is 23.2 Å². The van der Waals surface area contributed by atoms with Gasteiger partial charge < -0.3 is 5.32 Å². The van der Waals surface area contributed by atoms with E-state index in [9.17, 15) is 4.79 Å². The molecule has 3 rings (SSSR count). The van der Waals surface area contributed by atoms with Crippen LogP contribution in [0.25, 0.3) is 0 Å². The van der Waals surface area contributed by atoms with Crippen LogP contribution in [0.3, 0.4) is 0 Å². The molecule has 0 spiro atoms. The maximum Gasteiger partial charge on any atom is 0.228 e. The van der Waals surface area contributed by atoms with Gasteiger partial charge in [-0.15, -0.1) is 0 Å². The quantitative estimate of drug-likeness (QED) is 0.852. The normalized spacial score (nSPS) is 18.1. The minimum atomic E-state index is 0.0251. The predicted molar refractivity (Wildman–Crippen MR) is 104 cm³/mol. The number of hydrogen-bond donors (Lipinski definition) is 1. The first-order valence-electron chi connectivity index (χ1n) is 8.86. The number of piperidine rings is 1. The van der Waals surface area contributed by atoms with Crippen molar-refractivity contribution in [2.24, 2.45) is 5.92 Å². The van der Waals surface area contributed by atoms with Crippen LogP contribution in [0.15, 0.2) is 42.5 Å². The smallest absolute Gasteiger partial charge is 0.228 e. The molecule has 1 fully saturated rings. The second-order valence-corrected chi connectivity index (χ2v) is 7.44. The molecule has 0 saturated carbocycles. The van der Waals surface area contributed by atoms with E-state index in [2.05, 4.69) is 36.2 Å². The minimum absolute atomic E-state index is 0.0251. The van der Waals surface area contributed by atoms with Gasteiger partial charge in [-0.2, -0.15) is 0 Å². The third kappa shape index (κ3) is 4.83. The maximum absolute atomic E-state index is 12.7. The summed E-state index contributed by atoms with van der Waals surface area (Å²) in [4.78, 5) is 15.0. The van der Waals surface area contributed by atoms with Crippen molar-refractivity contribution in [3.63, 3.8) is 0 Å². The van der Waals surface area contributed by atoms with E-state index >= 15 is 0 Å². The van der Waals surface area contributed by atoms with Gasteiger partial charge in [-0.3, -0.25) is 9.69 Å². The van der Waals surface area contributed by atoms with E-state index in [0.717, 1.165) is 48.7 Å². The molecule has 25 heavy (non-hydrogen) atoms. The molecule has 1 aliphatic rings. The molecule has 1 N–H and O–H groups in total. The van der Waals surface area contributed by atoms with E-state index in [0.29, 0.717) is 0 Å². The minimum Gasteiger partial charge on any atom is -0.326 e. The molecule has 0 unspecified atom stereocenters. The zero-order valence-corrected chi connectivity index (χ0v) is 15.6. The zero-order valence-electron chi connectivity index (χ0n) is 14.9. The van der Waals surface area contributed by atoms with Crippen molar-refractivity contribution in [3.05, 3.63) is 64.2 Å². The molecule has 0 radical (unpaired) electrons. The topological polar surface area (TPSA) is 32.3 Å². The first kappa shape index (κ1) is 18.0. The largest absolute Gasteiger partial charge is 0.326 e. The molecule has 1 amide bonds. The van der Waals surface area contributed by atoms with Crippen LogP contribution in [0.1, 0.15) is 29.5 Å². The molecule has 1 aliphatic heterocycles. The average molecular weight is 357 g/mol. The van der Waals surface area contributed by atoms with E-state index in [1.165, 1.54) is 11.1 Å². The third-order valence-corrected chi connectivity index (χ3v) is 5.09. The molecule has 1 saturated heterocycles. The number of aryl methyl sites for hydroxylation is 2. The molecule has 2 aromatic carbocycles. The lowest BCUT2D eigenvalue weighted by atomic mass is 9.96.